The molecule has 3 N–H and O–H groups in total. The summed E-state index contributed by atoms with van der Waals surface area (Å²) in [6.07, 6.45) is -0.0829. The van der Waals surface area contributed by atoms with Crippen molar-refractivity contribution in [2.45, 2.75) is 26.4 Å². The lowest BCUT2D eigenvalue weighted by atomic mass is 10.0. The molecule has 1 aromatic rings. The van der Waals surface area contributed by atoms with Crippen molar-refractivity contribution >= 4 is 29.1 Å². The Morgan fingerprint density at radius 3 is 2.27 bits per heavy atom. The van der Waals surface area contributed by atoms with E-state index >= 15 is 0 Å². The molecule has 0 radical (unpaired) electrons. The van der Waals surface area contributed by atoms with Crippen LogP contribution in [-0.4, -0.2) is 29.6 Å². The first kappa shape index (κ1) is 18.3. The van der Waals surface area contributed by atoms with Crippen molar-refractivity contribution in [1.82, 2.24) is 5.32 Å². The van der Waals surface area contributed by atoms with Crippen molar-refractivity contribution in [2.75, 3.05) is 11.9 Å². The standard InChI is InChI=1S/C14H17ClF2N2O3/c1-7(3-8(2)20)6-18-13(21)14(22)19-12-10(16)4-9(15)5-11(12)17/h4-5,7-8,20H,3,6H2,1-2H3,(H,18,21)(H,19,22). The molecule has 1 aromatic carbocycles. The van der Waals surface area contributed by atoms with Crippen LogP contribution < -0.4 is 10.6 Å². The van der Waals surface area contributed by atoms with Gasteiger partial charge in [0.1, 0.15) is 5.69 Å². The third kappa shape index (κ3) is 5.57. The Balaban J connectivity index is 2.60. The first-order valence-electron chi connectivity index (χ1n) is 6.62. The zero-order chi connectivity index (χ0) is 16.9. The summed E-state index contributed by atoms with van der Waals surface area (Å²) in [6.45, 7) is 3.54. The number of aliphatic hydroxyl groups is 1. The number of anilines is 1. The summed E-state index contributed by atoms with van der Waals surface area (Å²) in [6, 6.07) is 1.64. The zero-order valence-corrected chi connectivity index (χ0v) is 12.9. The van der Waals surface area contributed by atoms with Crippen LogP contribution in [0.15, 0.2) is 12.1 Å². The molecule has 1 rings (SSSR count). The molecule has 122 valence electrons. The summed E-state index contributed by atoms with van der Waals surface area (Å²) in [5.41, 5.74) is -0.735. The van der Waals surface area contributed by atoms with Gasteiger partial charge in [0.15, 0.2) is 11.6 Å². The van der Waals surface area contributed by atoms with Crippen LogP contribution in [0.3, 0.4) is 0 Å². The molecule has 0 spiro atoms. The van der Waals surface area contributed by atoms with Crippen molar-refractivity contribution in [3.63, 3.8) is 0 Å². The van der Waals surface area contributed by atoms with E-state index in [0.717, 1.165) is 12.1 Å². The van der Waals surface area contributed by atoms with Crippen molar-refractivity contribution in [3.05, 3.63) is 28.8 Å². The lowest BCUT2D eigenvalue weighted by molar-refractivity contribution is -0.136. The van der Waals surface area contributed by atoms with Gasteiger partial charge in [0.2, 0.25) is 0 Å². The SMILES string of the molecule is CC(O)CC(C)CNC(=O)C(=O)Nc1c(F)cc(Cl)cc1F. The molecule has 2 atom stereocenters. The number of hydrogen-bond donors (Lipinski definition) is 3. The van der Waals surface area contributed by atoms with Gasteiger partial charge in [-0.2, -0.15) is 0 Å². The summed E-state index contributed by atoms with van der Waals surface area (Å²) >= 11 is 5.45. The van der Waals surface area contributed by atoms with Gasteiger partial charge in [-0.15, -0.1) is 0 Å². The molecule has 0 aliphatic rings. The van der Waals surface area contributed by atoms with E-state index in [1.807, 2.05) is 5.32 Å². The highest BCUT2D eigenvalue weighted by Gasteiger charge is 2.19. The second-order valence-electron chi connectivity index (χ2n) is 5.10. The van der Waals surface area contributed by atoms with E-state index in [0.29, 0.717) is 6.42 Å². The first-order chi connectivity index (χ1) is 10.2. The zero-order valence-electron chi connectivity index (χ0n) is 12.1. The predicted octanol–water partition coefficient (Wildman–Crippen LogP) is 2.08. The van der Waals surface area contributed by atoms with Crippen LogP contribution in [0.4, 0.5) is 14.5 Å². The molecule has 0 saturated heterocycles. The van der Waals surface area contributed by atoms with Gasteiger partial charge in [-0.05, 0) is 31.4 Å². The van der Waals surface area contributed by atoms with Crippen molar-refractivity contribution < 1.29 is 23.5 Å². The number of carbonyl (C=O) groups is 2. The van der Waals surface area contributed by atoms with E-state index < -0.39 is 35.2 Å². The highest BCUT2D eigenvalue weighted by Crippen LogP contribution is 2.23. The van der Waals surface area contributed by atoms with E-state index in [4.69, 9.17) is 11.6 Å². The number of rotatable bonds is 5. The molecule has 0 aromatic heterocycles. The maximum Gasteiger partial charge on any atom is 0.313 e. The highest BCUT2D eigenvalue weighted by molar-refractivity contribution is 6.39. The molecular weight excluding hydrogens is 318 g/mol. The van der Waals surface area contributed by atoms with E-state index in [9.17, 15) is 23.5 Å². The maximum atomic E-state index is 13.5. The monoisotopic (exact) mass is 334 g/mol. The van der Waals surface area contributed by atoms with Gasteiger partial charge in [-0.1, -0.05) is 18.5 Å². The number of amides is 2. The third-order valence-corrected chi connectivity index (χ3v) is 3.02. The maximum absolute atomic E-state index is 13.5. The van der Waals surface area contributed by atoms with Crippen LogP contribution in [0.5, 0.6) is 0 Å². The van der Waals surface area contributed by atoms with E-state index in [1.165, 1.54) is 0 Å². The Morgan fingerprint density at radius 1 is 1.23 bits per heavy atom. The van der Waals surface area contributed by atoms with Gasteiger partial charge in [-0.25, -0.2) is 8.78 Å². The number of hydrogen-bond acceptors (Lipinski definition) is 3. The molecule has 5 nitrogen and oxygen atoms in total. The van der Waals surface area contributed by atoms with E-state index in [1.54, 1.807) is 13.8 Å². The van der Waals surface area contributed by atoms with Gasteiger partial charge < -0.3 is 15.7 Å². The average molecular weight is 335 g/mol. The van der Waals surface area contributed by atoms with Gasteiger partial charge in [0.25, 0.3) is 0 Å². The van der Waals surface area contributed by atoms with Crippen LogP contribution in [0.25, 0.3) is 0 Å². The number of benzene rings is 1. The Hall–Kier alpha value is -1.73. The lowest BCUT2D eigenvalue weighted by Crippen LogP contribution is -2.38. The van der Waals surface area contributed by atoms with Crippen molar-refractivity contribution in [3.8, 4) is 0 Å². The largest absolute Gasteiger partial charge is 0.393 e. The minimum Gasteiger partial charge on any atom is -0.393 e. The Bertz CT molecular complexity index is 544. The fourth-order valence-electron chi connectivity index (χ4n) is 1.84. The van der Waals surface area contributed by atoms with Crippen molar-refractivity contribution in [2.24, 2.45) is 5.92 Å². The minimum atomic E-state index is -1.19. The van der Waals surface area contributed by atoms with Gasteiger partial charge in [0.05, 0.1) is 6.10 Å². The molecular formula is C14H17ClF2N2O3. The Kier molecular flexibility index (Phi) is 6.70. The Labute approximate surface area is 131 Å². The van der Waals surface area contributed by atoms with Crippen molar-refractivity contribution in [1.29, 1.82) is 0 Å². The van der Waals surface area contributed by atoms with E-state index in [-0.39, 0.29) is 17.5 Å². The van der Waals surface area contributed by atoms with Gasteiger partial charge >= 0.3 is 11.8 Å². The molecule has 0 fully saturated rings. The van der Waals surface area contributed by atoms with Crippen LogP contribution in [-0.2, 0) is 9.59 Å². The van der Waals surface area contributed by atoms with Crippen LogP contribution in [0.1, 0.15) is 20.3 Å². The summed E-state index contributed by atoms with van der Waals surface area (Å²) in [7, 11) is 0. The molecule has 2 unspecified atom stereocenters. The smallest absolute Gasteiger partial charge is 0.313 e. The number of carbonyl (C=O) groups excluding carboxylic acids is 2. The summed E-state index contributed by atoms with van der Waals surface area (Å²) in [5, 5.41) is 13.2. The molecule has 0 aliphatic carbocycles. The quantitative estimate of drug-likeness (QED) is 0.721. The molecule has 0 bridgehead atoms. The molecule has 0 aliphatic heterocycles. The summed E-state index contributed by atoms with van der Waals surface area (Å²) in [4.78, 5) is 23.2. The molecule has 0 heterocycles. The minimum absolute atomic E-state index is 0.0549. The van der Waals surface area contributed by atoms with Crippen LogP contribution in [0.2, 0.25) is 5.02 Å². The number of halogens is 3. The normalized spacial score (nSPS) is 13.4. The topological polar surface area (TPSA) is 78.4 Å². The molecule has 2 amide bonds. The number of nitrogens with one attached hydrogen (secondary N) is 2. The highest BCUT2D eigenvalue weighted by atomic mass is 35.5. The predicted molar refractivity (Wildman–Crippen MR) is 78.5 cm³/mol. The van der Waals surface area contributed by atoms with Gasteiger partial charge in [0, 0.05) is 11.6 Å². The van der Waals surface area contributed by atoms with E-state index in [2.05, 4.69) is 5.32 Å². The fraction of sp³-hybridized carbons (Fsp3) is 0.429. The average Bonchev–Trinajstić information content (AvgIpc) is 2.39. The Morgan fingerprint density at radius 2 is 1.77 bits per heavy atom. The lowest BCUT2D eigenvalue weighted by Gasteiger charge is -2.14. The van der Waals surface area contributed by atoms with Gasteiger partial charge in [-0.3, -0.25) is 9.59 Å². The molecule has 0 saturated carbocycles. The number of aliphatic hydroxyl groups excluding tert-OH is 1. The molecule has 22 heavy (non-hydrogen) atoms. The second kappa shape index (κ2) is 8.05. The first-order valence-corrected chi connectivity index (χ1v) is 7.00. The summed E-state index contributed by atoms with van der Waals surface area (Å²) < 4.78 is 27.0. The van der Waals surface area contributed by atoms with Crippen LogP contribution in [0, 0.1) is 17.6 Å². The molecule has 8 heteroatoms. The second-order valence-corrected chi connectivity index (χ2v) is 5.53. The van der Waals surface area contributed by atoms with Crippen LogP contribution >= 0.6 is 11.6 Å². The summed E-state index contributed by atoms with van der Waals surface area (Å²) in [5.74, 6) is -4.42. The third-order valence-electron chi connectivity index (χ3n) is 2.81. The fourth-order valence-corrected chi connectivity index (χ4v) is 2.04.